The number of aromatic nitrogens is 1. The van der Waals surface area contributed by atoms with Gasteiger partial charge >= 0.3 is 5.97 Å². The summed E-state index contributed by atoms with van der Waals surface area (Å²) in [5.74, 6) is 0.419. The summed E-state index contributed by atoms with van der Waals surface area (Å²) in [6, 6.07) is 3.71. The second kappa shape index (κ2) is 4.26. The van der Waals surface area contributed by atoms with Crippen LogP contribution in [0.15, 0.2) is 12.1 Å². The van der Waals surface area contributed by atoms with Gasteiger partial charge in [-0.25, -0.2) is 9.78 Å². The molecule has 1 aliphatic rings. The van der Waals surface area contributed by atoms with E-state index in [1.54, 1.807) is 12.1 Å². The van der Waals surface area contributed by atoms with Crippen molar-refractivity contribution in [3.05, 3.63) is 23.4 Å². The average molecular weight is 248 g/mol. The summed E-state index contributed by atoms with van der Waals surface area (Å²) in [7, 11) is 0. The molecule has 2 unspecified atom stereocenters. The van der Waals surface area contributed by atoms with Crippen LogP contribution in [0.4, 0.5) is 5.82 Å². The van der Waals surface area contributed by atoms with Gasteiger partial charge in [-0.15, -0.1) is 0 Å². The van der Waals surface area contributed by atoms with Crippen LogP contribution in [0.2, 0.25) is 0 Å². The molecule has 1 aliphatic carbocycles. The van der Waals surface area contributed by atoms with E-state index in [-0.39, 0.29) is 5.41 Å². The number of aromatic carboxylic acids is 1. The lowest BCUT2D eigenvalue weighted by Gasteiger charge is -2.19. The van der Waals surface area contributed by atoms with Gasteiger partial charge in [0.1, 0.15) is 5.82 Å². The number of carboxylic acids is 1. The predicted octanol–water partition coefficient (Wildman–Crippen LogP) is 2.90. The van der Waals surface area contributed by atoms with Crippen molar-refractivity contribution in [3.63, 3.8) is 0 Å². The number of pyridine rings is 1. The fourth-order valence-electron chi connectivity index (χ4n) is 1.83. The molecule has 0 bridgehead atoms. The van der Waals surface area contributed by atoms with Gasteiger partial charge in [-0.05, 0) is 24.5 Å². The van der Waals surface area contributed by atoms with Crippen molar-refractivity contribution in [1.29, 1.82) is 0 Å². The number of rotatable bonds is 3. The number of nitrogens with one attached hydrogen (secondary N) is 1. The van der Waals surface area contributed by atoms with Crippen molar-refractivity contribution < 1.29 is 9.90 Å². The first-order valence-electron chi connectivity index (χ1n) is 6.30. The van der Waals surface area contributed by atoms with Crippen molar-refractivity contribution in [2.24, 2.45) is 5.92 Å². The first-order chi connectivity index (χ1) is 8.27. The summed E-state index contributed by atoms with van der Waals surface area (Å²) in [5, 5.41) is 12.4. The molecule has 2 N–H and O–H groups in total. The van der Waals surface area contributed by atoms with Crippen LogP contribution in [0.25, 0.3) is 0 Å². The van der Waals surface area contributed by atoms with Crippen molar-refractivity contribution in [3.8, 4) is 0 Å². The van der Waals surface area contributed by atoms with Gasteiger partial charge < -0.3 is 10.4 Å². The quantitative estimate of drug-likeness (QED) is 0.863. The lowest BCUT2D eigenvalue weighted by molar-refractivity contribution is 0.0696. The fourth-order valence-corrected chi connectivity index (χ4v) is 1.83. The Labute approximate surface area is 107 Å². The van der Waals surface area contributed by atoms with Crippen LogP contribution in [0.1, 0.15) is 50.2 Å². The van der Waals surface area contributed by atoms with Crippen LogP contribution in [0.5, 0.6) is 0 Å². The van der Waals surface area contributed by atoms with Crippen LogP contribution >= 0.6 is 0 Å². The van der Waals surface area contributed by atoms with Gasteiger partial charge in [-0.2, -0.15) is 0 Å². The number of carboxylic acid groups (broad SMARTS) is 1. The van der Waals surface area contributed by atoms with Gasteiger partial charge in [0.15, 0.2) is 0 Å². The Kier molecular flexibility index (Phi) is 3.05. The molecular weight excluding hydrogens is 228 g/mol. The number of nitrogens with zero attached hydrogens (tertiary/aromatic N) is 1. The molecule has 0 aromatic carbocycles. The van der Waals surface area contributed by atoms with E-state index >= 15 is 0 Å². The van der Waals surface area contributed by atoms with Gasteiger partial charge in [0.2, 0.25) is 0 Å². The molecule has 0 spiro atoms. The predicted molar refractivity (Wildman–Crippen MR) is 71.1 cm³/mol. The van der Waals surface area contributed by atoms with Crippen LogP contribution < -0.4 is 5.32 Å². The molecule has 1 aromatic rings. The maximum absolute atomic E-state index is 11.1. The van der Waals surface area contributed by atoms with Crippen LogP contribution in [-0.2, 0) is 5.41 Å². The Balaban J connectivity index is 2.33. The second-order valence-electron chi connectivity index (χ2n) is 6.15. The molecule has 0 amide bonds. The minimum absolute atomic E-state index is 0.156. The van der Waals surface area contributed by atoms with Crippen LogP contribution in [0.3, 0.4) is 0 Å². The van der Waals surface area contributed by atoms with E-state index in [1.165, 1.54) is 0 Å². The normalized spacial score (nSPS) is 22.7. The van der Waals surface area contributed by atoms with E-state index in [9.17, 15) is 4.79 Å². The monoisotopic (exact) mass is 248 g/mol. The third-order valence-corrected chi connectivity index (χ3v) is 3.28. The Morgan fingerprint density at radius 3 is 2.50 bits per heavy atom. The van der Waals surface area contributed by atoms with Gasteiger partial charge in [-0.1, -0.05) is 27.7 Å². The molecule has 0 radical (unpaired) electrons. The van der Waals surface area contributed by atoms with E-state index in [0.717, 1.165) is 12.1 Å². The molecule has 1 fully saturated rings. The Morgan fingerprint density at radius 2 is 2.06 bits per heavy atom. The Hall–Kier alpha value is -1.58. The van der Waals surface area contributed by atoms with E-state index < -0.39 is 5.97 Å². The van der Waals surface area contributed by atoms with Crippen molar-refractivity contribution in [2.75, 3.05) is 5.32 Å². The summed E-state index contributed by atoms with van der Waals surface area (Å²) in [4.78, 5) is 15.7. The molecular formula is C14H20N2O2. The number of carbonyl (C=O) groups is 1. The summed E-state index contributed by atoms with van der Waals surface area (Å²) >= 11 is 0. The van der Waals surface area contributed by atoms with Gasteiger partial charge in [0.05, 0.1) is 5.56 Å². The average Bonchev–Trinajstić information content (AvgIpc) is 2.92. The molecule has 4 heteroatoms. The number of hydrogen-bond acceptors (Lipinski definition) is 3. The Bertz CT molecular complexity index is 477. The molecule has 2 rings (SSSR count). The summed E-state index contributed by atoms with van der Waals surface area (Å²) in [6.45, 7) is 8.27. The smallest absolute Gasteiger partial charge is 0.335 e. The van der Waals surface area contributed by atoms with Gasteiger partial charge in [-0.3, -0.25) is 0 Å². The lowest BCUT2D eigenvalue weighted by Crippen LogP contribution is -2.17. The molecule has 2 atom stereocenters. The van der Waals surface area contributed by atoms with E-state index in [2.05, 4.69) is 17.2 Å². The molecule has 1 heterocycles. The topological polar surface area (TPSA) is 62.2 Å². The SMILES string of the molecule is CC1CC1Nc1cc(C(=O)O)cc(C(C)(C)C)n1. The van der Waals surface area contributed by atoms with Crippen molar-refractivity contribution in [1.82, 2.24) is 4.98 Å². The van der Waals surface area contributed by atoms with E-state index in [0.29, 0.717) is 23.3 Å². The third-order valence-electron chi connectivity index (χ3n) is 3.28. The minimum atomic E-state index is -0.908. The lowest BCUT2D eigenvalue weighted by atomic mass is 9.91. The Morgan fingerprint density at radius 1 is 1.44 bits per heavy atom. The van der Waals surface area contributed by atoms with E-state index in [4.69, 9.17) is 5.11 Å². The molecule has 1 saturated carbocycles. The number of hydrogen-bond donors (Lipinski definition) is 2. The fraction of sp³-hybridized carbons (Fsp3) is 0.571. The van der Waals surface area contributed by atoms with E-state index in [1.807, 2.05) is 20.8 Å². The van der Waals surface area contributed by atoms with Crippen molar-refractivity contribution in [2.45, 2.75) is 45.6 Å². The van der Waals surface area contributed by atoms with Gasteiger partial charge in [0, 0.05) is 17.2 Å². The van der Waals surface area contributed by atoms with Gasteiger partial charge in [0.25, 0.3) is 0 Å². The zero-order valence-corrected chi connectivity index (χ0v) is 11.3. The largest absolute Gasteiger partial charge is 0.478 e. The first kappa shape index (κ1) is 12.9. The first-order valence-corrected chi connectivity index (χ1v) is 6.30. The zero-order valence-electron chi connectivity index (χ0n) is 11.3. The molecule has 1 aromatic heterocycles. The maximum Gasteiger partial charge on any atom is 0.335 e. The molecule has 0 saturated heterocycles. The molecule has 4 nitrogen and oxygen atoms in total. The highest BCUT2D eigenvalue weighted by atomic mass is 16.4. The molecule has 0 aliphatic heterocycles. The molecule has 18 heavy (non-hydrogen) atoms. The highest BCUT2D eigenvalue weighted by Crippen LogP contribution is 2.33. The highest BCUT2D eigenvalue weighted by molar-refractivity contribution is 5.88. The second-order valence-corrected chi connectivity index (χ2v) is 6.15. The summed E-state index contributed by atoms with van der Waals surface area (Å²) in [5.41, 5.74) is 0.945. The standard InChI is InChI=1S/C14H20N2O2/c1-8-5-10(8)15-12-7-9(13(17)18)6-11(16-12)14(2,3)4/h6-8,10H,5H2,1-4H3,(H,15,16)(H,17,18). The molecule has 98 valence electrons. The number of anilines is 1. The summed E-state index contributed by atoms with van der Waals surface area (Å²) in [6.07, 6.45) is 1.13. The van der Waals surface area contributed by atoms with Crippen molar-refractivity contribution >= 4 is 11.8 Å². The third kappa shape index (κ3) is 2.81. The highest BCUT2D eigenvalue weighted by Gasteiger charge is 2.33. The maximum atomic E-state index is 11.1. The van der Waals surface area contributed by atoms with Crippen LogP contribution in [0, 0.1) is 5.92 Å². The minimum Gasteiger partial charge on any atom is -0.478 e. The zero-order chi connectivity index (χ0) is 13.5. The van der Waals surface area contributed by atoms with Crippen LogP contribution in [-0.4, -0.2) is 22.1 Å². The summed E-state index contributed by atoms with van der Waals surface area (Å²) < 4.78 is 0.